The van der Waals surface area contributed by atoms with Gasteiger partial charge in [0, 0.05) is 38.5 Å². The number of nitrogens with one attached hydrogen (secondary N) is 2. The van der Waals surface area contributed by atoms with Crippen LogP contribution in [0.5, 0.6) is 0 Å². The Morgan fingerprint density at radius 3 is 2.54 bits per heavy atom. The maximum absolute atomic E-state index is 5.16. The molecule has 1 aliphatic carbocycles. The summed E-state index contributed by atoms with van der Waals surface area (Å²) in [6.07, 6.45) is 6.62. The summed E-state index contributed by atoms with van der Waals surface area (Å²) in [5.41, 5.74) is 3.95. The fourth-order valence-electron chi connectivity index (χ4n) is 3.83. The molecule has 7 heteroatoms. The van der Waals surface area contributed by atoms with E-state index in [2.05, 4.69) is 41.5 Å². The molecule has 0 amide bonds. The van der Waals surface area contributed by atoms with Crippen LogP contribution in [0.2, 0.25) is 0 Å². The summed E-state index contributed by atoms with van der Waals surface area (Å²) in [6, 6.07) is 0. The summed E-state index contributed by atoms with van der Waals surface area (Å²) in [5, 5.41) is 11.6. The number of aryl methyl sites for hydroxylation is 1. The Labute approximate surface area is 175 Å². The molecule has 1 aromatic heterocycles. The van der Waals surface area contributed by atoms with E-state index in [0.717, 1.165) is 31.3 Å². The van der Waals surface area contributed by atoms with Crippen LogP contribution in [0.15, 0.2) is 4.99 Å². The molecule has 0 atom stereocenters. The summed E-state index contributed by atoms with van der Waals surface area (Å²) in [5.74, 6) is 0.878. The van der Waals surface area contributed by atoms with Crippen LogP contribution in [0.4, 0.5) is 0 Å². The first-order valence-corrected chi connectivity index (χ1v) is 9.51. The number of aliphatic imine (C=N–C) groups is 1. The Bertz CT molecular complexity index is 579. The van der Waals surface area contributed by atoms with Crippen molar-refractivity contribution in [3.8, 4) is 0 Å². The van der Waals surface area contributed by atoms with Gasteiger partial charge in [-0.15, -0.1) is 24.0 Å². The highest BCUT2D eigenvalue weighted by molar-refractivity contribution is 14.0. The highest BCUT2D eigenvalue weighted by Gasteiger charge is 2.31. The third kappa shape index (κ3) is 5.84. The van der Waals surface area contributed by atoms with Crippen LogP contribution in [0.25, 0.3) is 0 Å². The average molecular weight is 477 g/mol. The van der Waals surface area contributed by atoms with Crippen molar-refractivity contribution < 1.29 is 4.74 Å². The monoisotopic (exact) mass is 477 g/mol. The minimum Gasteiger partial charge on any atom is -0.383 e. The molecule has 1 heterocycles. The van der Waals surface area contributed by atoms with Crippen molar-refractivity contribution >= 4 is 29.9 Å². The number of rotatable bonds is 8. The Hall–Kier alpha value is -0.830. The average Bonchev–Trinajstić information content (AvgIpc) is 3.19. The van der Waals surface area contributed by atoms with Gasteiger partial charge in [0.2, 0.25) is 0 Å². The number of hydrogen-bond donors (Lipinski definition) is 2. The lowest BCUT2D eigenvalue weighted by molar-refractivity contribution is 0.182. The molecule has 1 saturated carbocycles. The number of methoxy groups -OCH3 is 1. The number of hydrogen-bond acceptors (Lipinski definition) is 3. The lowest BCUT2D eigenvalue weighted by atomic mass is 9.83. The van der Waals surface area contributed by atoms with Crippen molar-refractivity contribution in [1.29, 1.82) is 0 Å². The summed E-state index contributed by atoms with van der Waals surface area (Å²) >= 11 is 0. The number of halogens is 1. The Kier molecular flexibility index (Phi) is 9.92. The molecular formula is C19H36IN5O. The fraction of sp³-hybridized carbons (Fsp3) is 0.789. The van der Waals surface area contributed by atoms with Crippen LogP contribution in [0.1, 0.15) is 56.0 Å². The first kappa shape index (κ1) is 23.2. The van der Waals surface area contributed by atoms with Gasteiger partial charge in [-0.05, 0) is 38.5 Å². The topological polar surface area (TPSA) is 63.5 Å². The standard InChI is InChI=1S/C19H35N5O.HI/c1-6-19(9-7-8-10-19)14-22-18(20-4)21-13-17-15(2)23-24(16(17)3)11-12-25-5;/h6-14H2,1-5H3,(H2,20,21,22);1H. The molecule has 1 aliphatic rings. The molecule has 26 heavy (non-hydrogen) atoms. The molecular weight excluding hydrogens is 441 g/mol. The molecule has 0 aliphatic heterocycles. The smallest absolute Gasteiger partial charge is 0.191 e. The van der Waals surface area contributed by atoms with Gasteiger partial charge in [-0.3, -0.25) is 9.67 Å². The molecule has 0 spiro atoms. The van der Waals surface area contributed by atoms with Gasteiger partial charge in [0.05, 0.1) is 18.8 Å². The molecule has 6 nitrogen and oxygen atoms in total. The van der Waals surface area contributed by atoms with Crippen LogP contribution in [-0.4, -0.2) is 43.0 Å². The minimum absolute atomic E-state index is 0. The SMILES string of the molecule is CCC1(CNC(=NC)NCc2c(C)nn(CCOC)c2C)CCCC1.I. The van der Waals surface area contributed by atoms with E-state index in [1.54, 1.807) is 7.11 Å². The molecule has 0 bridgehead atoms. The highest BCUT2D eigenvalue weighted by atomic mass is 127. The van der Waals surface area contributed by atoms with E-state index in [9.17, 15) is 0 Å². The van der Waals surface area contributed by atoms with Crippen LogP contribution >= 0.6 is 24.0 Å². The first-order valence-electron chi connectivity index (χ1n) is 9.51. The maximum Gasteiger partial charge on any atom is 0.191 e. The summed E-state index contributed by atoms with van der Waals surface area (Å²) in [7, 11) is 3.56. The lowest BCUT2D eigenvalue weighted by Gasteiger charge is -2.28. The highest BCUT2D eigenvalue weighted by Crippen LogP contribution is 2.40. The van der Waals surface area contributed by atoms with Crippen molar-refractivity contribution in [2.75, 3.05) is 27.3 Å². The predicted molar refractivity (Wildman–Crippen MR) is 118 cm³/mol. The second-order valence-electron chi connectivity index (χ2n) is 7.21. The largest absolute Gasteiger partial charge is 0.383 e. The van der Waals surface area contributed by atoms with Crippen molar-refractivity contribution in [1.82, 2.24) is 20.4 Å². The summed E-state index contributed by atoms with van der Waals surface area (Å²) < 4.78 is 7.19. The minimum atomic E-state index is 0. The van der Waals surface area contributed by atoms with Gasteiger partial charge in [0.25, 0.3) is 0 Å². The second kappa shape index (κ2) is 11.1. The van der Waals surface area contributed by atoms with Gasteiger partial charge >= 0.3 is 0 Å². The lowest BCUT2D eigenvalue weighted by Crippen LogP contribution is -2.42. The van der Waals surface area contributed by atoms with Gasteiger partial charge in [-0.2, -0.15) is 5.10 Å². The number of guanidine groups is 1. The fourth-order valence-corrected chi connectivity index (χ4v) is 3.83. The third-order valence-electron chi connectivity index (χ3n) is 5.74. The number of aromatic nitrogens is 2. The van der Waals surface area contributed by atoms with Gasteiger partial charge in [-0.25, -0.2) is 0 Å². The quantitative estimate of drug-likeness (QED) is 0.342. The van der Waals surface area contributed by atoms with Crippen molar-refractivity contribution in [3.05, 3.63) is 17.0 Å². The van der Waals surface area contributed by atoms with E-state index in [1.807, 2.05) is 11.7 Å². The molecule has 0 unspecified atom stereocenters. The number of ether oxygens (including phenoxy) is 1. The Morgan fingerprint density at radius 2 is 1.96 bits per heavy atom. The van der Waals surface area contributed by atoms with E-state index in [0.29, 0.717) is 12.0 Å². The van der Waals surface area contributed by atoms with E-state index in [4.69, 9.17) is 4.74 Å². The van der Waals surface area contributed by atoms with Crippen molar-refractivity contribution in [3.63, 3.8) is 0 Å². The second-order valence-corrected chi connectivity index (χ2v) is 7.21. The van der Waals surface area contributed by atoms with Crippen molar-refractivity contribution in [2.45, 2.75) is 66.0 Å². The molecule has 150 valence electrons. The van der Waals surface area contributed by atoms with E-state index in [-0.39, 0.29) is 24.0 Å². The van der Waals surface area contributed by atoms with Gasteiger partial charge < -0.3 is 15.4 Å². The zero-order valence-electron chi connectivity index (χ0n) is 17.0. The molecule has 0 saturated heterocycles. The predicted octanol–water partition coefficient (Wildman–Crippen LogP) is 3.40. The molecule has 0 radical (unpaired) electrons. The summed E-state index contributed by atoms with van der Waals surface area (Å²) in [4.78, 5) is 4.39. The molecule has 2 N–H and O–H groups in total. The Balaban J connectivity index is 0.00000338. The Morgan fingerprint density at radius 1 is 1.27 bits per heavy atom. The first-order chi connectivity index (χ1) is 12.0. The van der Waals surface area contributed by atoms with E-state index in [1.165, 1.54) is 43.4 Å². The van der Waals surface area contributed by atoms with Crippen molar-refractivity contribution in [2.24, 2.45) is 10.4 Å². The maximum atomic E-state index is 5.16. The zero-order valence-corrected chi connectivity index (χ0v) is 19.4. The molecule has 1 fully saturated rings. The normalized spacial score (nSPS) is 16.4. The molecule has 2 rings (SSSR count). The van der Waals surface area contributed by atoms with Crippen LogP contribution in [0, 0.1) is 19.3 Å². The van der Waals surface area contributed by atoms with Gasteiger partial charge in [0.1, 0.15) is 0 Å². The molecule has 1 aromatic rings. The van der Waals surface area contributed by atoms with Crippen LogP contribution < -0.4 is 10.6 Å². The zero-order chi connectivity index (χ0) is 18.3. The summed E-state index contributed by atoms with van der Waals surface area (Å²) in [6.45, 7) is 9.70. The number of nitrogens with zero attached hydrogens (tertiary/aromatic N) is 3. The van der Waals surface area contributed by atoms with Crippen LogP contribution in [0.3, 0.4) is 0 Å². The van der Waals surface area contributed by atoms with Crippen LogP contribution in [-0.2, 0) is 17.8 Å². The molecule has 0 aromatic carbocycles. The van der Waals surface area contributed by atoms with Gasteiger partial charge in [-0.1, -0.05) is 19.8 Å². The van der Waals surface area contributed by atoms with E-state index >= 15 is 0 Å². The third-order valence-corrected chi connectivity index (χ3v) is 5.74. The van der Waals surface area contributed by atoms with E-state index < -0.39 is 0 Å². The van der Waals surface area contributed by atoms with Gasteiger partial charge in [0.15, 0.2) is 5.96 Å².